The van der Waals surface area contributed by atoms with Crippen molar-refractivity contribution in [3.63, 3.8) is 0 Å². The second-order valence-electron chi connectivity index (χ2n) is 7.42. The lowest BCUT2D eigenvalue weighted by Crippen LogP contribution is -2.35. The van der Waals surface area contributed by atoms with Gasteiger partial charge in [-0.15, -0.1) is 0 Å². The van der Waals surface area contributed by atoms with Crippen molar-refractivity contribution in [1.82, 2.24) is 14.9 Å². The highest BCUT2D eigenvalue weighted by Gasteiger charge is 2.19. The van der Waals surface area contributed by atoms with Crippen LogP contribution in [0.3, 0.4) is 0 Å². The van der Waals surface area contributed by atoms with Gasteiger partial charge in [0.25, 0.3) is 5.56 Å². The maximum atomic E-state index is 13.4. The van der Waals surface area contributed by atoms with E-state index in [1.165, 1.54) is 23.0 Å². The zero-order valence-electron chi connectivity index (χ0n) is 16.9. The molecule has 1 atom stereocenters. The van der Waals surface area contributed by atoms with Crippen LogP contribution in [0.15, 0.2) is 94.4 Å². The van der Waals surface area contributed by atoms with Crippen molar-refractivity contribution in [2.75, 3.05) is 0 Å². The van der Waals surface area contributed by atoms with Crippen LogP contribution in [0.2, 0.25) is 0 Å². The normalized spacial score (nSPS) is 12.2. The van der Waals surface area contributed by atoms with Gasteiger partial charge in [0.1, 0.15) is 23.5 Å². The number of hydrogen-bond acceptors (Lipinski definition) is 4. The quantitative estimate of drug-likeness (QED) is 0.456. The van der Waals surface area contributed by atoms with Crippen molar-refractivity contribution in [3.05, 3.63) is 112 Å². The lowest BCUT2D eigenvalue weighted by molar-refractivity contribution is -0.122. The molecule has 2 heterocycles. The van der Waals surface area contributed by atoms with Crippen LogP contribution in [-0.4, -0.2) is 15.5 Å². The third kappa shape index (κ3) is 3.65. The van der Waals surface area contributed by atoms with Crippen LogP contribution in [0.5, 0.6) is 0 Å². The summed E-state index contributed by atoms with van der Waals surface area (Å²) in [5.41, 5.74) is 2.28. The topological polar surface area (TPSA) is 77.1 Å². The summed E-state index contributed by atoms with van der Waals surface area (Å²) in [4.78, 5) is 30.1. The van der Waals surface area contributed by atoms with Crippen LogP contribution < -0.4 is 10.9 Å². The van der Waals surface area contributed by atoms with E-state index in [1.54, 1.807) is 18.2 Å². The van der Waals surface area contributed by atoms with Gasteiger partial charge < -0.3 is 9.73 Å². The molecule has 0 saturated heterocycles. The second kappa shape index (κ2) is 8.11. The number of para-hydroxylation sites is 1. The molecule has 6 nitrogen and oxygen atoms in total. The number of benzene rings is 3. The van der Waals surface area contributed by atoms with Crippen LogP contribution in [0.25, 0.3) is 22.1 Å². The summed E-state index contributed by atoms with van der Waals surface area (Å²) in [7, 11) is 0. The number of amides is 1. The molecule has 158 valence electrons. The number of halogens is 1. The number of carbonyl (C=O) groups excluding carboxylic acids is 1. The standard InChI is InChI=1S/C25H18FN3O3/c26-18-12-10-17(11-13-18)22(16-6-2-1-3-7-16)28-21(30)14-29-15-27-23-19-8-4-5-9-20(19)32-24(23)25(29)31/h1-13,15,22H,14H2,(H,28,30). The molecule has 7 heteroatoms. The molecule has 32 heavy (non-hydrogen) atoms. The number of nitrogens with one attached hydrogen (secondary N) is 1. The number of fused-ring (bicyclic) bond motifs is 3. The van der Waals surface area contributed by atoms with Gasteiger partial charge in [0.15, 0.2) is 0 Å². The van der Waals surface area contributed by atoms with Crippen molar-refractivity contribution in [2.45, 2.75) is 12.6 Å². The van der Waals surface area contributed by atoms with Crippen LogP contribution in [-0.2, 0) is 11.3 Å². The Morgan fingerprint density at radius 1 is 0.969 bits per heavy atom. The smallest absolute Gasteiger partial charge is 0.297 e. The summed E-state index contributed by atoms with van der Waals surface area (Å²) >= 11 is 0. The Labute approximate surface area is 181 Å². The predicted molar refractivity (Wildman–Crippen MR) is 119 cm³/mol. The molecule has 0 fully saturated rings. The molecule has 5 aromatic rings. The molecular weight excluding hydrogens is 409 g/mol. The molecule has 0 aliphatic carbocycles. The molecule has 5 rings (SSSR count). The highest BCUT2D eigenvalue weighted by Crippen LogP contribution is 2.24. The van der Waals surface area contributed by atoms with Crippen LogP contribution in [0.4, 0.5) is 4.39 Å². The molecule has 0 saturated carbocycles. The van der Waals surface area contributed by atoms with Gasteiger partial charge in [-0.05, 0) is 35.4 Å². The summed E-state index contributed by atoms with van der Waals surface area (Å²) in [5, 5.41) is 3.69. The number of nitrogens with zero attached hydrogens (tertiary/aromatic N) is 2. The van der Waals surface area contributed by atoms with Crippen LogP contribution in [0.1, 0.15) is 17.2 Å². The van der Waals surface area contributed by atoms with E-state index in [0.717, 1.165) is 16.5 Å². The second-order valence-corrected chi connectivity index (χ2v) is 7.42. The van der Waals surface area contributed by atoms with Crippen molar-refractivity contribution >= 4 is 28.0 Å². The van der Waals surface area contributed by atoms with E-state index in [9.17, 15) is 14.0 Å². The van der Waals surface area contributed by atoms with Crippen LogP contribution in [0, 0.1) is 5.82 Å². The van der Waals surface area contributed by atoms with Gasteiger partial charge in [-0.3, -0.25) is 14.2 Å². The Morgan fingerprint density at radius 3 is 2.44 bits per heavy atom. The van der Waals surface area contributed by atoms with E-state index in [1.807, 2.05) is 48.5 Å². The number of aromatic nitrogens is 2. The van der Waals surface area contributed by atoms with E-state index in [0.29, 0.717) is 11.1 Å². The zero-order chi connectivity index (χ0) is 22.1. The van der Waals surface area contributed by atoms with Crippen molar-refractivity contribution in [2.24, 2.45) is 0 Å². The largest absolute Gasteiger partial charge is 0.448 e. The third-order valence-corrected chi connectivity index (χ3v) is 5.31. The lowest BCUT2D eigenvalue weighted by atomic mass is 9.98. The molecule has 1 N–H and O–H groups in total. The van der Waals surface area contributed by atoms with Crippen molar-refractivity contribution in [3.8, 4) is 0 Å². The maximum absolute atomic E-state index is 13.4. The fraction of sp³-hybridized carbons (Fsp3) is 0.0800. The minimum Gasteiger partial charge on any atom is -0.448 e. The van der Waals surface area contributed by atoms with E-state index >= 15 is 0 Å². The highest BCUT2D eigenvalue weighted by molar-refractivity contribution is 6.01. The molecule has 0 spiro atoms. The molecule has 3 aromatic carbocycles. The van der Waals surface area contributed by atoms with Crippen molar-refractivity contribution in [1.29, 1.82) is 0 Å². The van der Waals surface area contributed by atoms with Gasteiger partial charge in [0, 0.05) is 5.39 Å². The molecule has 1 amide bonds. The fourth-order valence-electron chi connectivity index (χ4n) is 3.75. The minimum absolute atomic E-state index is 0.111. The first-order valence-electron chi connectivity index (χ1n) is 10.1. The fourth-order valence-corrected chi connectivity index (χ4v) is 3.75. The van der Waals surface area contributed by atoms with Crippen molar-refractivity contribution < 1.29 is 13.6 Å². The van der Waals surface area contributed by atoms with Gasteiger partial charge in [0.2, 0.25) is 11.5 Å². The average molecular weight is 427 g/mol. The average Bonchev–Trinajstić information content (AvgIpc) is 3.20. The van der Waals surface area contributed by atoms with Gasteiger partial charge in [-0.1, -0.05) is 54.6 Å². The van der Waals surface area contributed by atoms with Gasteiger partial charge in [0.05, 0.1) is 12.4 Å². The number of hydrogen-bond donors (Lipinski definition) is 1. The molecule has 0 radical (unpaired) electrons. The number of furan rings is 1. The van der Waals surface area contributed by atoms with E-state index < -0.39 is 11.6 Å². The first-order chi connectivity index (χ1) is 15.6. The monoisotopic (exact) mass is 427 g/mol. The first kappa shape index (κ1) is 19.7. The molecule has 0 aliphatic rings. The Bertz CT molecular complexity index is 1470. The highest BCUT2D eigenvalue weighted by atomic mass is 19.1. The first-order valence-corrected chi connectivity index (χ1v) is 10.1. The SMILES string of the molecule is O=C(Cn1cnc2c(oc3ccccc32)c1=O)NC(c1ccccc1)c1ccc(F)cc1. The van der Waals surface area contributed by atoms with Gasteiger partial charge in [-0.2, -0.15) is 0 Å². The maximum Gasteiger partial charge on any atom is 0.297 e. The van der Waals surface area contributed by atoms with Crippen LogP contribution >= 0.6 is 0 Å². The molecule has 0 bridgehead atoms. The Hall–Kier alpha value is -4.26. The summed E-state index contributed by atoms with van der Waals surface area (Å²) in [6.07, 6.45) is 1.35. The predicted octanol–water partition coefficient (Wildman–Crippen LogP) is 4.19. The number of rotatable bonds is 5. The third-order valence-electron chi connectivity index (χ3n) is 5.31. The zero-order valence-corrected chi connectivity index (χ0v) is 16.9. The molecule has 0 aliphatic heterocycles. The van der Waals surface area contributed by atoms with Gasteiger partial charge >= 0.3 is 0 Å². The summed E-state index contributed by atoms with van der Waals surface area (Å²) in [6.45, 7) is -0.233. The van der Waals surface area contributed by atoms with Gasteiger partial charge in [-0.25, -0.2) is 9.37 Å². The molecule has 1 unspecified atom stereocenters. The summed E-state index contributed by atoms with van der Waals surface area (Å²) < 4.78 is 20.3. The Morgan fingerprint density at radius 2 is 1.66 bits per heavy atom. The lowest BCUT2D eigenvalue weighted by Gasteiger charge is -2.20. The summed E-state index contributed by atoms with van der Waals surface area (Å²) in [6, 6.07) is 22.1. The van der Waals surface area contributed by atoms with E-state index in [4.69, 9.17) is 4.42 Å². The minimum atomic E-state index is -0.497. The summed E-state index contributed by atoms with van der Waals surface area (Å²) in [5.74, 6) is -0.744. The van der Waals surface area contributed by atoms with E-state index in [-0.39, 0.29) is 23.9 Å². The Balaban J connectivity index is 1.45. The number of carbonyl (C=O) groups is 1. The Kier molecular flexibility index (Phi) is 4.99. The molecule has 2 aromatic heterocycles. The van der Waals surface area contributed by atoms with E-state index in [2.05, 4.69) is 10.3 Å². The molecular formula is C25H18FN3O3.